The minimum Gasteiger partial charge on any atom is -0.368 e. The number of nitrogens with zero attached hydrogens (tertiary/aromatic N) is 5. The zero-order chi connectivity index (χ0) is 14.1. The van der Waals surface area contributed by atoms with Gasteiger partial charge >= 0.3 is 0 Å². The summed E-state index contributed by atoms with van der Waals surface area (Å²) in [5.41, 5.74) is 10.8. The quantitative estimate of drug-likeness (QED) is 0.750. The van der Waals surface area contributed by atoms with Crippen molar-refractivity contribution in [2.75, 3.05) is 5.73 Å². The maximum absolute atomic E-state index is 5.93. The Kier molecular flexibility index (Phi) is 3.37. The molecule has 6 nitrogen and oxygen atoms in total. The largest absolute Gasteiger partial charge is 0.368 e. The lowest BCUT2D eigenvalue weighted by atomic mass is 10.1. The number of nitrogens with two attached hydrogens (primary N) is 1. The topological polar surface area (TPSA) is 82.5 Å². The predicted octanol–water partition coefficient (Wildman–Crippen LogP) is 2.16. The normalized spacial score (nSPS) is 10.9. The van der Waals surface area contributed by atoms with E-state index in [9.17, 15) is 0 Å². The first-order valence-corrected chi connectivity index (χ1v) is 7.14. The zero-order valence-electron chi connectivity index (χ0n) is 10.6. The predicted molar refractivity (Wildman–Crippen MR) is 78.6 cm³/mol. The van der Waals surface area contributed by atoms with Gasteiger partial charge in [-0.15, -0.1) is 11.3 Å². The second kappa shape index (κ2) is 5.18. The second-order valence-corrected chi connectivity index (χ2v) is 5.37. The molecule has 8 heteroatoms. The van der Waals surface area contributed by atoms with Crippen molar-refractivity contribution in [3.05, 3.63) is 39.6 Å². The van der Waals surface area contributed by atoms with Crippen LogP contribution in [0.3, 0.4) is 0 Å². The summed E-state index contributed by atoms with van der Waals surface area (Å²) in [6.45, 7) is 0. The zero-order valence-corrected chi connectivity index (χ0v) is 12.2. The molecule has 0 radical (unpaired) electrons. The van der Waals surface area contributed by atoms with Crippen LogP contribution in [0.5, 0.6) is 0 Å². The summed E-state index contributed by atoms with van der Waals surface area (Å²) < 4.78 is 1.74. The van der Waals surface area contributed by atoms with Gasteiger partial charge in [0.25, 0.3) is 0 Å². The second-order valence-electron chi connectivity index (χ2n) is 4.27. The lowest BCUT2D eigenvalue weighted by Crippen LogP contribution is -1.99. The molecule has 0 saturated heterocycles. The first kappa shape index (κ1) is 13.0. The van der Waals surface area contributed by atoms with Crippen LogP contribution in [0.1, 0.15) is 11.3 Å². The van der Waals surface area contributed by atoms with Crippen LogP contribution in [0.2, 0.25) is 5.15 Å². The number of rotatable bonds is 3. The van der Waals surface area contributed by atoms with E-state index in [0.29, 0.717) is 17.3 Å². The summed E-state index contributed by atoms with van der Waals surface area (Å²) in [5, 5.41) is 6.75. The highest BCUT2D eigenvalue weighted by molar-refractivity contribution is 7.07. The molecule has 0 bridgehead atoms. The van der Waals surface area contributed by atoms with E-state index in [1.807, 2.05) is 24.1 Å². The fraction of sp³-hybridized carbons (Fsp3) is 0.167. The van der Waals surface area contributed by atoms with Crippen LogP contribution in [0.15, 0.2) is 23.2 Å². The van der Waals surface area contributed by atoms with Gasteiger partial charge in [-0.2, -0.15) is 5.10 Å². The number of aromatic nitrogens is 5. The number of anilines is 1. The third-order valence-corrected chi connectivity index (χ3v) is 3.54. The van der Waals surface area contributed by atoms with Crippen LogP contribution in [-0.2, 0) is 13.5 Å². The Labute approximate surface area is 124 Å². The highest BCUT2D eigenvalue weighted by atomic mass is 35.5. The van der Waals surface area contributed by atoms with Gasteiger partial charge in [-0.3, -0.25) is 4.68 Å². The molecular formula is C12H11ClN6S. The standard InChI is InChI=1S/C12H11ClN6S/c1-19-4-7(2-8-5-20-6-15-8)11(18-19)9-3-10(13)17-12(14)16-9/h3-6H,2H2,1H3,(H2,14,16,17). The molecule has 0 spiro atoms. The van der Waals surface area contributed by atoms with E-state index in [-0.39, 0.29) is 5.95 Å². The van der Waals surface area contributed by atoms with Gasteiger partial charge < -0.3 is 5.73 Å². The lowest BCUT2D eigenvalue weighted by molar-refractivity contribution is 0.769. The van der Waals surface area contributed by atoms with Crippen LogP contribution in [0, 0.1) is 0 Å². The van der Waals surface area contributed by atoms with Crippen molar-refractivity contribution in [1.29, 1.82) is 0 Å². The number of halogens is 1. The number of nitrogen functional groups attached to an aromatic ring is 1. The molecule has 0 aliphatic heterocycles. The van der Waals surface area contributed by atoms with Crippen LogP contribution in [-0.4, -0.2) is 24.7 Å². The van der Waals surface area contributed by atoms with Crippen molar-refractivity contribution in [3.63, 3.8) is 0 Å². The van der Waals surface area contributed by atoms with Gasteiger partial charge in [-0.25, -0.2) is 15.0 Å². The van der Waals surface area contributed by atoms with Gasteiger partial charge in [0.05, 0.1) is 16.9 Å². The molecule has 0 atom stereocenters. The van der Waals surface area contributed by atoms with Crippen molar-refractivity contribution >= 4 is 28.9 Å². The third kappa shape index (κ3) is 2.63. The van der Waals surface area contributed by atoms with E-state index in [4.69, 9.17) is 17.3 Å². The van der Waals surface area contributed by atoms with E-state index in [1.54, 1.807) is 22.1 Å². The maximum Gasteiger partial charge on any atom is 0.222 e. The van der Waals surface area contributed by atoms with E-state index >= 15 is 0 Å². The SMILES string of the molecule is Cn1cc(Cc2cscn2)c(-c2cc(Cl)nc(N)n2)n1. The van der Waals surface area contributed by atoms with Crippen LogP contribution >= 0.6 is 22.9 Å². The van der Waals surface area contributed by atoms with Crippen molar-refractivity contribution < 1.29 is 0 Å². The summed E-state index contributed by atoms with van der Waals surface area (Å²) in [6, 6.07) is 1.66. The summed E-state index contributed by atoms with van der Waals surface area (Å²) in [4.78, 5) is 12.3. The molecule has 20 heavy (non-hydrogen) atoms. The molecule has 102 valence electrons. The molecule has 0 fully saturated rings. The fourth-order valence-electron chi connectivity index (χ4n) is 1.96. The Morgan fingerprint density at radius 1 is 1.40 bits per heavy atom. The van der Waals surface area contributed by atoms with E-state index in [0.717, 1.165) is 17.0 Å². The Bertz CT molecular complexity index is 716. The number of hydrogen-bond acceptors (Lipinski definition) is 6. The highest BCUT2D eigenvalue weighted by Gasteiger charge is 2.14. The van der Waals surface area contributed by atoms with Gasteiger partial charge in [0, 0.05) is 36.7 Å². The van der Waals surface area contributed by atoms with E-state index in [1.165, 1.54) is 0 Å². The molecule has 3 aromatic heterocycles. The molecule has 3 rings (SSSR count). The monoisotopic (exact) mass is 306 g/mol. The number of hydrogen-bond donors (Lipinski definition) is 1. The molecule has 0 aliphatic carbocycles. The van der Waals surface area contributed by atoms with Gasteiger partial charge in [0.2, 0.25) is 5.95 Å². The molecule has 3 aromatic rings. The molecule has 0 unspecified atom stereocenters. The summed E-state index contributed by atoms with van der Waals surface area (Å²) in [6.07, 6.45) is 2.63. The molecule has 0 aliphatic rings. The Morgan fingerprint density at radius 2 is 2.25 bits per heavy atom. The van der Waals surface area contributed by atoms with E-state index < -0.39 is 0 Å². The molecule has 3 heterocycles. The van der Waals surface area contributed by atoms with Crippen molar-refractivity contribution in [2.24, 2.45) is 7.05 Å². The van der Waals surface area contributed by atoms with Crippen LogP contribution < -0.4 is 5.73 Å². The van der Waals surface area contributed by atoms with Gasteiger partial charge in [-0.1, -0.05) is 11.6 Å². The molecule has 2 N–H and O–H groups in total. The fourth-order valence-corrected chi connectivity index (χ4v) is 2.71. The van der Waals surface area contributed by atoms with Crippen molar-refractivity contribution in [1.82, 2.24) is 24.7 Å². The summed E-state index contributed by atoms with van der Waals surface area (Å²) in [5.74, 6) is 0.137. The third-order valence-electron chi connectivity index (χ3n) is 2.71. The summed E-state index contributed by atoms with van der Waals surface area (Å²) in [7, 11) is 1.86. The first-order valence-electron chi connectivity index (χ1n) is 5.82. The highest BCUT2D eigenvalue weighted by Crippen LogP contribution is 2.24. The number of aryl methyl sites for hydroxylation is 1. The summed E-state index contributed by atoms with van der Waals surface area (Å²) >= 11 is 7.49. The van der Waals surface area contributed by atoms with Gasteiger partial charge in [0.15, 0.2) is 0 Å². The van der Waals surface area contributed by atoms with E-state index in [2.05, 4.69) is 20.1 Å². The molecule has 0 amide bonds. The van der Waals surface area contributed by atoms with Gasteiger partial charge in [0.1, 0.15) is 10.8 Å². The Morgan fingerprint density at radius 3 is 2.95 bits per heavy atom. The lowest BCUT2D eigenvalue weighted by Gasteiger charge is -2.02. The number of thiazole rings is 1. The molecule has 0 aromatic carbocycles. The smallest absolute Gasteiger partial charge is 0.222 e. The Balaban J connectivity index is 2.04. The average molecular weight is 307 g/mol. The van der Waals surface area contributed by atoms with Crippen LogP contribution in [0.25, 0.3) is 11.4 Å². The minimum absolute atomic E-state index is 0.137. The van der Waals surface area contributed by atoms with Crippen LogP contribution in [0.4, 0.5) is 5.95 Å². The van der Waals surface area contributed by atoms with Gasteiger partial charge in [-0.05, 0) is 0 Å². The van der Waals surface area contributed by atoms with Crippen molar-refractivity contribution in [3.8, 4) is 11.4 Å². The molecule has 0 saturated carbocycles. The average Bonchev–Trinajstić information content (AvgIpc) is 2.98. The Hall–Kier alpha value is -1.99. The molecular weight excluding hydrogens is 296 g/mol. The maximum atomic E-state index is 5.93. The first-order chi connectivity index (χ1) is 9.61. The van der Waals surface area contributed by atoms with Crippen molar-refractivity contribution in [2.45, 2.75) is 6.42 Å². The minimum atomic E-state index is 0.137.